The molecule has 99 valence electrons. The van der Waals surface area contributed by atoms with Crippen molar-refractivity contribution in [2.24, 2.45) is 17.8 Å². The van der Waals surface area contributed by atoms with Crippen LogP contribution in [0.15, 0.2) is 0 Å². The van der Waals surface area contributed by atoms with Gasteiger partial charge in [0.1, 0.15) is 0 Å². The van der Waals surface area contributed by atoms with Crippen LogP contribution in [-0.4, -0.2) is 19.8 Å². The van der Waals surface area contributed by atoms with Gasteiger partial charge in [0.25, 0.3) is 0 Å². The van der Waals surface area contributed by atoms with Crippen LogP contribution in [0.1, 0.15) is 41.5 Å². The summed E-state index contributed by atoms with van der Waals surface area (Å²) in [4.78, 5) is 0. The van der Waals surface area contributed by atoms with E-state index >= 15 is 0 Å². The minimum atomic E-state index is 0. The second kappa shape index (κ2) is 20.8. The van der Waals surface area contributed by atoms with E-state index in [1.807, 2.05) is 41.5 Å². The third-order valence-corrected chi connectivity index (χ3v) is 1.00. The van der Waals surface area contributed by atoms with Crippen LogP contribution < -0.4 is 15.3 Å². The number of rotatable bonds is 3. The molecule has 0 N–H and O–H groups in total. The third-order valence-electron chi connectivity index (χ3n) is 1.00. The van der Waals surface area contributed by atoms with Gasteiger partial charge in [0.05, 0.1) is 0 Å². The first-order valence-corrected chi connectivity index (χ1v) is 5.55. The van der Waals surface area contributed by atoms with Gasteiger partial charge in [0, 0.05) is 0 Å². The monoisotopic (exact) mass is 271 g/mol. The fourth-order valence-electron chi connectivity index (χ4n) is 0. The summed E-state index contributed by atoms with van der Waals surface area (Å²) in [6.07, 6.45) is 0. The Bertz CT molecular complexity index is 77.2. The molecule has 16 heavy (non-hydrogen) atoms. The molecular weight excluding hydrogens is 244 g/mol. The zero-order valence-electron chi connectivity index (χ0n) is 11.5. The molecule has 0 bridgehead atoms. The van der Waals surface area contributed by atoms with E-state index in [-0.39, 0.29) is 37.2 Å². The first-order valence-electron chi connectivity index (χ1n) is 5.55. The van der Waals surface area contributed by atoms with E-state index in [0.717, 1.165) is 0 Å². The van der Waals surface area contributed by atoms with E-state index in [9.17, 15) is 15.3 Å². The summed E-state index contributed by atoms with van der Waals surface area (Å²) < 4.78 is 0. The van der Waals surface area contributed by atoms with Gasteiger partial charge in [-0.25, -0.2) is 0 Å². The van der Waals surface area contributed by atoms with Crippen molar-refractivity contribution in [1.82, 2.24) is 0 Å². The average Bonchev–Trinajstić information content (AvgIpc) is 2.19. The summed E-state index contributed by atoms with van der Waals surface area (Å²) in [5, 5.41) is 28.9. The first-order chi connectivity index (χ1) is 6.81. The Morgan fingerprint density at radius 3 is 0.625 bits per heavy atom. The fourth-order valence-corrected chi connectivity index (χ4v) is 0. The number of hydrogen-bond acceptors (Lipinski definition) is 3. The molecule has 3 nitrogen and oxygen atoms in total. The van der Waals surface area contributed by atoms with Crippen molar-refractivity contribution in [2.75, 3.05) is 19.8 Å². The van der Waals surface area contributed by atoms with Crippen molar-refractivity contribution >= 4 is 0 Å². The van der Waals surface area contributed by atoms with Gasteiger partial charge in [0.2, 0.25) is 0 Å². The Balaban J connectivity index is -0.0000000655. The van der Waals surface area contributed by atoms with Crippen LogP contribution in [0, 0.1) is 17.8 Å². The quantitative estimate of drug-likeness (QED) is 0.726. The molecule has 0 rings (SSSR count). The average molecular weight is 271 g/mol. The molecule has 0 aliphatic rings. The van der Waals surface area contributed by atoms with Gasteiger partial charge in [0.15, 0.2) is 0 Å². The van der Waals surface area contributed by atoms with E-state index in [2.05, 4.69) is 0 Å². The zero-order chi connectivity index (χ0) is 12.9. The summed E-state index contributed by atoms with van der Waals surface area (Å²) in [7, 11) is 0. The normalized spacial score (nSPS) is 9.00. The smallest absolute Gasteiger partial charge is 0.854 e. The van der Waals surface area contributed by atoms with Crippen LogP contribution in [-0.2, 0) is 17.4 Å². The standard InChI is InChI=1S/3C4H9O.Cr/c3*1-4(2)3-5;/h3*4H,3H2,1-2H3;/q3*-1;+3. The summed E-state index contributed by atoms with van der Waals surface area (Å²) in [5.41, 5.74) is 0. The van der Waals surface area contributed by atoms with Crippen LogP contribution in [0.3, 0.4) is 0 Å². The van der Waals surface area contributed by atoms with Gasteiger partial charge in [-0.3, -0.25) is 0 Å². The van der Waals surface area contributed by atoms with Crippen LogP contribution in [0.5, 0.6) is 0 Å². The molecule has 0 unspecified atom stereocenters. The molecule has 0 amide bonds. The maximum absolute atomic E-state index is 9.63. The van der Waals surface area contributed by atoms with Crippen molar-refractivity contribution in [3.05, 3.63) is 0 Å². The molecule has 0 heterocycles. The van der Waals surface area contributed by atoms with Crippen LogP contribution in [0.4, 0.5) is 0 Å². The van der Waals surface area contributed by atoms with Crippen LogP contribution >= 0.6 is 0 Å². The summed E-state index contributed by atoms with van der Waals surface area (Å²) in [6, 6.07) is 0. The Morgan fingerprint density at radius 1 is 0.562 bits per heavy atom. The number of hydrogen-bond donors (Lipinski definition) is 0. The van der Waals surface area contributed by atoms with Crippen molar-refractivity contribution in [2.45, 2.75) is 41.5 Å². The first kappa shape index (κ1) is 25.3. The molecule has 0 aliphatic heterocycles. The molecule has 0 aromatic heterocycles. The van der Waals surface area contributed by atoms with Gasteiger partial charge < -0.3 is 15.3 Å². The molecule has 0 fully saturated rings. The van der Waals surface area contributed by atoms with E-state index < -0.39 is 0 Å². The van der Waals surface area contributed by atoms with Crippen LogP contribution in [0.25, 0.3) is 0 Å². The van der Waals surface area contributed by atoms with E-state index in [0.29, 0.717) is 17.8 Å². The molecule has 1 radical (unpaired) electrons. The third kappa shape index (κ3) is 63.1. The van der Waals surface area contributed by atoms with Gasteiger partial charge in [-0.05, 0) is 0 Å². The molecular formula is C12H27CrO3. The van der Waals surface area contributed by atoms with Crippen molar-refractivity contribution in [3.63, 3.8) is 0 Å². The van der Waals surface area contributed by atoms with Crippen molar-refractivity contribution < 1.29 is 32.7 Å². The molecule has 0 saturated heterocycles. The minimum Gasteiger partial charge on any atom is -0.854 e. The molecule has 0 aromatic carbocycles. The minimum absolute atomic E-state index is 0. The Morgan fingerprint density at radius 2 is 0.625 bits per heavy atom. The van der Waals surface area contributed by atoms with E-state index in [4.69, 9.17) is 0 Å². The molecule has 0 saturated carbocycles. The Labute approximate surface area is 112 Å². The van der Waals surface area contributed by atoms with Gasteiger partial charge >= 0.3 is 17.4 Å². The van der Waals surface area contributed by atoms with Gasteiger partial charge in [-0.1, -0.05) is 59.3 Å². The predicted molar refractivity (Wildman–Crippen MR) is 59.1 cm³/mol. The Hall–Kier alpha value is 0.412. The van der Waals surface area contributed by atoms with Crippen molar-refractivity contribution in [1.29, 1.82) is 0 Å². The van der Waals surface area contributed by atoms with Gasteiger partial charge in [-0.2, -0.15) is 0 Å². The fraction of sp³-hybridized carbons (Fsp3) is 1.00. The summed E-state index contributed by atoms with van der Waals surface area (Å²) in [6.45, 7) is 11.6. The maximum Gasteiger partial charge on any atom is 3.00 e. The second-order valence-corrected chi connectivity index (χ2v) is 4.68. The Kier molecular flexibility index (Phi) is 32.9. The van der Waals surface area contributed by atoms with Crippen molar-refractivity contribution in [3.8, 4) is 0 Å². The maximum atomic E-state index is 9.63. The molecule has 0 spiro atoms. The van der Waals surface area contributed by atoms with E-state index in [1.54, 1.807) is 0 Å². The molecule has 0 aromatic rings. The van der Waals surface area contributed by atoms with Crippen LogP contribution in [0.2, 0.25) is 0 Å². The molecule has 0 atom stereocenters. The molecule has 0 aliphatic carbocycles. The predicted octanol–water partition coefficient (Wildman–Crippen LogP) is 0.00560. The summed E-state index contributed by atoms with van der Waals surface area (Å²) >= 11 is 0. The SMILES string of the molecule is CC(C)C[O-].CC(C)C[O-].CC(C)C[O-].[Cr+3]. The summed E-state index contributed by atoms with van der Waals surface area (Å²) in [5.74, 6) is 0.986. The topological polar surface area (TPSA) is 69.2 Å². The molecule has 4 heteroatoms. The zero-order valence-corrected chi connectivity index (χ0v) is 12.8. The van der Waals surface area contributed by atoms with Gasteiger partial charge in [-0.15, -0.1) is 19.8 Å². The largest absolute Gasteiger partial charge is 3.00 e. The van der Waals surface area contributed by atoms with E-state index in [1.165, 1.54) is 0 Å². The second-order valence-electron chi connectivity index (χ2n) is 4.68.